The van der Waals surface area contributed by atoms with Gasteiger partial charge in [-0.1, -0.05) is 13.5 Å². The van der Waals surface area contributed by atoms with Gasteiger partial charge in [-0.3, -0.25) is 14.4 Å². The lowest BCUT2D eigenvalue weighted by atomic mass is 9.57. The summed E-state index contributed by atoms with van der Waals surface area (Å²) < 4.78 is 17.4. The second-order valence-electron chi connectivity index (χ2n) is 11.0. The van der Waals surface area contributed by atoms with Gasteiger partial charge < -0.3 is 24.4 Å². The van der Waals surface area contributed by atoms with E-state index in [1.807, 2.05) is 6.92 Å². The molecule has 0 bridgehead atoms. The molecular weight excluding hydrogens is 440 g/mol. The number of aliphatic hydroxyl groups excluding tert-OH is 1. The molecule has 0 aliphatic heterocycles. The lowest BCUT2D eigenvalue weighted by Gasteiger charge is -2.50. The summed E-state index contributed by atoms with van der Waals surface area (Å²) in [6.07, 6.45) is -1.67. The van der Waals surface area contributed by atoms with Gasteiger partial charge in [0.1, 0.15) is 12.2 Å². The fraction of sp³-hybridized carbons (Fsp3) is 0.731. The van der Waals surface area contributed by atoms with Gasteiger partial charge in [-0.15, -0.1) is 0 Å². The zero-order valence-corrected chi connectivity index (χ0v) is 21.3. The molecule has 0 unspecified atom stereocenters. The second-order valence-corrected chi connectivity index (χ2v) is 11.0. The molecule has 0 aromatic carbocycles. The van der Waals surface area contributed by atoms with Crippen molar-refractivity contribution < 1.29 is 38.8 Å². The van der Waals surface area contributed by atoms with Crippen LogP contribution in [0.2, 0.25) is 0 Å². The lowest BCUT2D eigenvalue weighted by Crippen LogP contribution is -2.52. The van der Waals surface area contributed by atoms with Gasteiger partial charge in [-0.25, -0.2) is 0 Å². The van der Waals surface area contributed by atoms with E-state index in [0.29, 0.717) is 36.0 Å². The molecule has 0 aromatic heterocycles. The summed E-state index contributed by atoms with van der Waals surface area (Å²) in [6.45, 7) is 15.3. The summed E-state index contributed by atoms with van der Waals surface area (Å²) in [5, 5.41) is 22.3. The van der Waals surface area contributed by atoms with Gasteiger partial charge in [0.25, 0.3) is 0 Å². The van der Waals surface area contributed by atoms with Crippen LogP contribution in [0.3, 0.4) is 0 Å². The number of rotatable bonds is 4. The Morgan fingerprint density at radius 1 is 1.03 bits per heavy atom. The molecule has 3 rings (SSSR count). The normalized spacial score (nSPS) is 37.9. The maximum absolute atomic E-state index is 12.4. The number of fused-ring (bicyclic) bond motifs is 2. The number of carbonyl (C=O) groups excluding carboxylic acids is 3. The number of aliphatic hydroxyl groups is 2. The molecule has 34 heavy (non-hydrogen) atoms. The number of hydrogen-bond acceptors (Lipinski definition) is 8. The molecule has 8 nitrogen and oxygen atoms in total. The second kappa shape index (κ2) is 8.79. The maximum atomic E-state index is 12.4. The molecular formula is C26H38O8. The Hall–Kier alpha value is -2.19. The van der Waals surface area contributed by atoms with E-state index in [-0.39, 0.29) is 12.3 Å². The van der Waals surface area contributed by atoms with Gasteiger partial charge in [0, 0.05) is 38.0 Å². The molecule has 0 spiro atoms. The summed E-state index contributed by atoms with van der Waals surface area (Å²) in [6, 6.07) is 0. The number of hydrogen-bond donors (Lipinski definition) is 2. The molecule has 0 amide bonds. The smallest absolute Gasteiger partial charge is 0.303 e. The van der Waals surface area contributed by atoms with E-state index in [4.69, 9.17) is 14.2 Å². The highest BCUT2D eigenvalue weighted by atomic mass is 16.6. The van der Waals surface area contributed by atoms with Crippen LogP contribution in [0.1, 0.15) is 74.1 Å². The quantitative estimate of drug-likeness (QED) is 0.360. The third kappa shape index (κ3) is 4.19. The average molecular weight is 479 g/mol. The topological polar surface area (TPSA) is 119 Å². The lowest BCUT2D eigenvalue weighted by molar-refractivity contribution is -0.177. The Bertz CT molecular complexity index is 928. The van der Waals surface area contributed by atoms with Crippen LogP contribution >= 0.6 is 0 Å². The van der Waals surface area contributed by atoms with Crippen molar-refractivity contribution in [3.8, 4) is 0 Å². The van der Waals surface area contributed by atoms with Crippen LogP contribution in [0, 0.1) is 16.7 Å². The van der Waals surface area contributed by atoms with E-state index in [0.717, 1.165) is 0 Å². The van der Waals surface area contributed by atoms with Crippen molar-refractivity contribution in [1.29, 1.82) is 0 Å². The summed E-state index contributed by atoms with van der Waals surface area (Å²) >= 11 is 0. The third-order valence-electron chi connectivity index (χ3n) is 8.41. The molecule has 2 saturated carbocycles. The van der Waals surface area contributed by atoms with Crippen LogP contribution in [0.25, 0.3) is 0 Å². The minimum Gasteiger partial charge on any atom is -0.458 e. The Balaban J connectivity index is 2.36. The molecule has 8 heteroatoms. The van der Waals surface area contributed by atoms with Crippen LogP contribution < -0.4 is 0 Å². The fourth-order valence-electron chi connectivity index (χ4n) is 6.67. The molecule has 3 aliphatic carbocycles. The van der Waals surface area contributed by atoms with Gasteiger partial charge in [0.15, 0.2) is 6.10 Å². The van der Waals surface area contributed by atoms with Crippen molar-refractivity contribution in [3.05, 3.63) is 23.3 Å². The first-order chi connectivity index (χ1) is 15.5. The highest BCUT2D eigenvalue weighted by Crippen LogP contribution is 2.65. The molecule has 3 aliphatic rings. The van der Waals surface area contributed by atoms with Gasteiger partial charge in [-0.2, -0.15) is 0 Å². The molecule has 2 fully saturated rings. The summed E-state index contributed by atoms with van der Waals surface area (Å²) in [7, 11) is 0. The third-order valence-corrected chi connectivity index (χ3v) is 8.41. The van der Waals surface area contributed by atoms with Crippen molar-refractivity contribution in [2.24, 2.45) is 16.7 Å². The number of carbonyl (C=O) groups is 3. The Morgan fingerprint density at radius 2 is 1.59 bits per heavy atom. The van der Waals surface area contributed by atoms with E-state index in [9.17, 15) is 24.6 Å². The molecule has 0 radical (unpaired) electrons. The van der Waals surface area contributed by atoms with E-state index in [2.05, 4.69) is 6.58 Å². The predicted molar refractivity (Wildman–Crippen MR) is 123 cm³/mol. The molecule has 0 saturated heterocycles. The van der Waals surface area contributed by atoms with Gasteiger partial charge in [-0.05, 0) is 62.7 Å². The zero-order valence-electron chi connectivity index (χ0n) is 21.3. The summed E-state index contributed by atoms with van der Waals surface area (Å²) in [5.74, 6) is -1.90. The minimum absolute atomic E-state index is 0.276. The van der Waals surface area contributed by atoms with Crippen LogP contribution in [0.4, 0.5) is 0 Å². The van der Waals surface area contributed by atoms with Gasteiger partial charge in [0.05, 0.1) is 11.7 Å². The maximum Gasteiger partial charge on any atom is 0.303 e. The van der Waals surface area contributed by atoms with Gasteiger partial charge >= 0.3 is 17.9 Å². The van der Waals surface area contributed by atoms with Crippen molar-refractivity contribution in [3.63, 3.8) is 0 Å². The van der Waals surface area contributed by atoms with Crippen molar-refractivity contribution in [2.75, 3.05) is 0 Å². The van der Waals surface area contributed by atoms with Crippen LogP contribution in [-0.2, 0) is 28.6 Å². The first-order valence-corrected chi connectivity index (χ1v) is 11.9. The van der Waals surface area contributed by atoms with Crippen LogP contribution in [0.5, 0.6) is 0 Å². The average Bonchev–Trinajstić information content (AvgIpc) is 2.91. The molecule has 7 atom stereocenters. The fourth-order valence-corrected chi connectivity index (χ4v) is 6.67. The first kappa shape index (κ1) is 26.4. The summed E-state index contributed by atoms with van der Waals surface area (Å²) in [5.41, 5.74) is -1.13. The van der Waals surface area contributed by atoms with E-state index in [1.165, 1.54) is 20.8 Å². The van der Waals surface area contributed by atoms with Crippen molar-refractivity contribution in [2.45, 2.75) is 104 Å². The molecule has 2 N–H and O–H groups in total. The highest BCUT2D eigenvalue weighted by Gasteiger charge is 2.66. The first-order valence-electron chi connectivity index (χ1n) is 11.9. The molecule has 0 heterocycles. The van der Waals surface area contributed by atoms with E-state index < -0.39 is 58.8 Å². The number of esters is 3. The predicted octanol–water partition coefficient (Wildman–Crippen LogP) is 3.00. The van der Waals surface area contributed by atoms with Crippen LogP contribution in [-0.4, -0.2) is 58.1 Å². The van der Waals surface area contributed by atoms with E-state index >= 15 is 0 Å². The monoisotopic (exact) mass is 478 g/mol. The molecule has 190 valence electrons. The standard InChI is InChI=1S/C26H38O8/c1-13-18-11-26(24(6,7)31)12-20(32-15(3)27)14(2)21(26)22(33-16(4)28)23(34-17(5)29)25(18,8)10-9-19(13)30/h18-20,22-23,30-31H,1,9-12H2,2-8H3/t18-,19+,20+,22-,23+,25-,26+/m1/s1. The molecule has 0 aromatic rings. The summed E-state index contributed by atoms with van der Waals surface area (Å²) in [4.78, 5) is 36.6. The van der Waals surface area contributed by atoms with Crippen molar-refractivity contribution >= 4 is 17.9 Å². The largest absolute Gasteiger partial charge is 0.458 e. The SMILES string of the molecule is C=C1[C@H]2C[C@]3(C(C)(C)O)C[C@H](OC(C)=O)C(C)=C3[C@@H](OC(C)=O)[C@H](OC(C)=O)[C@]2(C)CC[C@@H]1O. The Kier molecular flexibility index (Phi) is 6.83. The number of ether oxygens (including phenoxy) is 3. The minimum atomic E-state index is -1.33. The van der Waals surface area contributed by atoms with Crippen LogP contribution in [0.15, 0.2) is 23.3 Å². The Labute approximate surface area is 201 Å². The van der Waals surface area contributed by atoms with E-state index in [1.54, 1.807) is 20.8 Å². The van der Waals surface area contributed by atoms with Gasteiger partial charge in [0.2, 0.25) is 0 Å². The Morgan fingerprint density at radius 3 is 2.09 bits per heavy atom. The zero-order chi connectivity index (χ0) is 25.8. The highest BCUT2D eigenvalue weighted by molar-refractivity contribution is 5.69. The van der Waals surface area contributed by atoms with Crippen molar-refractivity contribution in [1.82, 2.24) is 0 Å².